The molecule has 0 bridgehead atoms. The zero-order chi connectivity index (χ0) is 12.7. The third-order valence-electron chi connectivity index (χ3n) is 2.88. The van der Waals surface area contributed by atoms with Crippen molar-refractivity contribution in [2.75, 3.05) is 5.73 Å². The second-order valence-corrected chi connectivity index (χ2v) is 4.64. The lowest BCUT2D eigenvalue weighted by Crippen LogP contribution is -1.89. The van der Waals surface area contributed by atoms with Crippen LogP contribution in [0.5, 0.6) is 0 Å². The molecule has 3 nitrogen and oxygen atoms in total. The lowest BCUT2D eigenvalue weighted by Gasteiger charge is -2.00. The number of hydrogen-bond acceptors (Lipinski definition) is 3. The Bertz CT molecular complexity index is 734. The molecule has 0 spiro atoms. The van der Waals surface area contributed by atoms with Crippen molar-refractivity contribution in [3.63, 3.8) is 0 Å². The van der Waals surface area contributed by atoms with E-state index in [9.17, 15) is 0 Å². The number of anilines is 1. The number of hydrogen-bond donors (Lipinski definition) is 1. The molecule has 0 fully saturated rings. The molecule has 1 aromatic heterocycles. The normalized spacial score (nSPS) is 11.0. The van der Waals surface area contributed by atoms with Crippen molar-refractivity contribution < 1.29 is 4.42 Å². The zero-order valence-electron chi connectivity index (χ0n) is 9.77. The monoisotopic (exact) mass is 258 g/mol. The van der Waals surface area contributed by atoms with Crippen LogP contribution in [0.15, 0.2) is 40.8 Å². The third kappa shape index (κ3) is 1.83. The van der Waals surface area contributed by atoms with E-state index in [-0.39, 0.29) is 0 Å². The van der Waals surface area contributed by atoms with E-state index in [1.54, 1.807) is 12.1 Å². The largest absolute Gasteiger partial charge is 0.436 e. The van der Waals surface area contributed by atoms with Gasteiger partial charge in [0.05, 0.1) is 0 Å². The minimum absolute atomic E-state index is 0.555. The van der Waals surface area contributed by atoms with Crippen molar-refractivity contribution in [1.82, 2.24) is 4.98 Å². The fraction of sp³-hybridized carbons (Fsp3) is 0.0714. The van der Waals surface area contributed by atoms with Gasteiger partial charge in [-0.15, -0.1) is 0 Å². The van der Waals surface area contributed by atoms with E-state index in [1.807, 2.05) is 31.2 Å². The summed E-state index contributed by atoms with van der Waals surface area (Å²) in [5, 5.41) is 0.644. The Hall–Kier alpha value is -2.00. The van der Waals surface area contributed by atoms with Crippen molar-refractivity contribution in [3.8, 4) is 11.5 Å². The lowest BCUT2D eigenvalue weighted by atomic mass is 10.1. The molecule has 4 heteroatoms. The zero-order valence-corrected chi connectivity index (χ0v) is 10.5. The number of oxazole rings is 1. The molecule has 2 aromatic carbocycles. The summed E-state index contributed by atoms with van der Waals surface area (Å²) in [6.07, 6.45) is 0. The first-order valence-electron chi connectivity index (χ1n) is 5.56. The molecule has 1 heterocycles. The van der Waals surface area contributed by atoms with E-state index in [1.165, 1.54) is 0 Å². The fourth-order valence-electron chi connectivity index (χ4n) is 1.80. The van der Waals surface area contributed by atoms with E-state index >= 15 is 0 Å². The highest BCUT2D eigenvalue weighted by atomic mass is 35.5. The van der Waals surface area contributed by atoms with Crippen molar-refractivity contribution in [3.05, 3.63) is 47.0 Å². The Morgan fingerprint density at radius 2 is 2.00 bits per heavy atom. The summed E-state index contributed by atoms with van der Waals surface area (Å²) in [7, 11) is 0. The highest BCUT2D eigenvalue weighted by Gasteiger charge is 2.09. The predicted molar refractivity (Wildman–Crippen MR) is 73.6 cm³/mol. The molecular formula is C14H11ClN2O. The average molecular weight is 259 g/mol. The maximum Gasteiger partial charge on any atom is 0.227 e. The first-order valence-corrected chi connectivity index (χ1v) is 5.94. The van der Waals surface area contributed by atoms with Crippen LogP contribution in [-0.4, -0.2) is 4.98 Å². The highest BCUT2D eigenvalue weighted by Crippen LogP contribution is 2.27. The van der Waals surface area contributed by atoms with Crippen LogP contribution in [0.25, 0.3) is 22.6 Å². The Kier molecular flexibility index (Phi) is 2.49. The number of fused-ring (bicyclic) bond motifs is 1. The van der Waals surface area contributed by atoms with Crippen LogP contribution in [0.4, 0.5) is 5.69 Å². The molecule has 0 unspecified atom stereocenters. The molecule has 0 atom stereocenters. The minimum Gasteiger partial charge on any atom is -0.436 e. The average Bonchev–Trinajstić information content (AvgIpc) is 2.75. The van der Waals surface area contributed by atoms with Gasteiger partial charge in [-0.2, -0.15) is 0 Å². The summed E-state index contributed by atoms with van der Waals surface area (Å²) in [5.41, 5.74) is 9.98. The number of rotatable bonds is 1. The molecule has 0 saturated heterocycles. The molecule has 2 N–H and O–H groups in total. The molecule has 3 rings (SSSR count). The summed E-state index contributed by atoms with van der Waals surface area (Å²) in [6.45, 7) is 1.96. The maximum absolute atomic E-state index is 5.92. The summed E-state index contributed by atoms with van der Waals surface area (Å²) in [4.78, 5) is 4.41. The Morgan fingerprint density at radius 3 is 2.78 bits per heavy atom. The van der Waals surface area contributed by atoms with E-state index in [0.29, 0.717) is 16.5 Å². The van der Waals surface area contributed by atoms with Crippen LogP contribution < -0.4 is 5.73 Å². The van der Waals surface area contributed by atoms with Gasteiger partial charge in [-0.1, -0.05) is 17.7 Å². The van der Waals surface area contributed by atoms with Gasteiger partial charge in [-0.3, -0.25) is 0 Å². The van der Waals surface area contributed by atoms with Gasteiger partial charge in [0, 0.05) is 16.3 Å². The van der Waals surface area contributed by atoms with E-state index in [2.05, 4.69) is 4.98 Å². The van der Waals surface area contributed by atoms with Gasteiger partial charge in [0.2, 0.25) is 5.89 Å². The Morgan fingerprint density at radius 1 is 1.17 bits per heavy atom. The number of aryl methyl sites for hydroxylation is 1. The molecule has 0 radical (unpaired) electrons. The van der Waals surface area contributed by atoms with Gasteiger partial charge in [0.25, 0.3) is 0 Å². The standard InChI is InChI=1S/C14H11ClN2O/c1-8-2-3-9(6-11(8)16)14-17-12-7-10(15)4-5-13(12)18-14/h2-7H,16H2,1H3. The van der Waals surface area contributed by atoms with Gasteiger partial charge in [0.15, 0.2) is 5.58 Å². The topological polar surface area (TPSA) is 52.0 Å². The van der Waals surface area contributed by atoms with Gasteiger partial charge in [-0.05, 0) is 42.8 Å². The first kappa shape index (κ1) is 11.1. The van der Waals surface area contributed by atoms with Crippen molar-refractivity contribution in [1.29, 1.82) is 0 Å². The second-order valence-electron chi connectivity index (χ2n) is 4.20. The molecule has 90 valence electrons. The number of nitrogen functional groups attached to an aromatic ring is 1. The maximum atomic E-state index is 5.92. The number of nitrogens with zero attached hydrogens (tertiary/aromatic N) is 1. The number of nitrogens with two attached hydrogens (primary N) is 1. The van der Waals surface area contributed by atoms with Gasteiger partial charge >= 0.3 is 0 Å². The molecule has 0 amide bonds. The quantitative estimate of drug-likeness (QED) is 0.670. The van der Waals surface area contributed by atoms with Crippen LogP contribution in [-0.2, 0) is 0 Å². The van der Waals surface area contributed by atoms with Crippen molar-refractivity contribution in [2.24, 2.45) is 0 Å². The summed E-state index contributed by atoms with van der Waals surface area (Å²) < 4.78 is 5.68. The van der Waals surface area contributed by atoms with Gasteiger partial charge < -0.3 is 10.2 Å². The van der Waals surface area contributed by atoms with Crippen molar-refractivity contribution >= 4 is 28.4 Å². The minimum atomic E-state index is 0.555. The van der Waals surface area contributed by atoms with Crippen LogP contribution >= 0.6 is 11.6 Å². The smallest absolute Gasteiger partial charge is 0.227 e. The lowest BCUT2D eigenvalue weighted by molar-refractivity contribution is 0.620. The molecule has 18 heavy (non-hydrogen) atoms. The summed E-state index contributed by atoms with van der Waals surface area (Å²) in [5.74, 6) is 0.555. The molecule has 0 saturated carbocycles. The Labute approximate surface area is 109 Å². The molecule has 0 aliphatic heterocycles. The first-order chi connectivity index (χ1) is 8.63. The van der Waals surface area contributed by atoms with E-state index in [4.69, 9.17) is 21.8 Å². The van der Waals surface area contributed by atoms with Crippen LogP contribution in [0, 0.1) is 6.92 Å². The van der Waals surface area contributed by atoms with Gasteiger partial charge in [0.1, 0.15) is 5.52 Å². The summed E-state index contributed by atoms with van der Waals surface area (Å²) in [6, 6.07) is 11.1. The molecule has 0 aliphatic carbocycles. The van der Waals surface area contributed by atoms with E-state index < -0.39 is 0 Å². The number of benzene rings is 2. The van der Waals surface area contributed by atoms with Gasteiger partial charge in [-0.25, -0.2) is 4.98 Å². The number of aromatic nitrogens is 1. The number of halogens is 1. The third-order valence-corrected chi connectivity index (χ3v) is 3.11. The SMILES string of the molecule is Cc1ccc(-c2nc3cc(Cl)ccc3o2)cc1N. The van der Waals surface area contributed by atoms with E-state index in [0.717, 1.165) is 22.3 Å². The second kappa shape index (κ2) is 4.03. The van der Waals surface area contributed by atoms with Crippen molar-refractivity contribution in [2.45, 2.75) is 6.92 Å². The predicted octanol–water partition coefficient (Wildman–Crippen LogP) is 4.04. The molecular weight excluding hydrogens is 248 g/mol. The summed E-state index contributed by atoms with van der Waals surface area (Å²) >= 11 is 5.92. The van der Waals surface area contributed by atoms with Crippen LogP contribution in [0.2, 0.25) is 5.02 Å². The van der Waals surface area contributed by atoms with Crippen LogP contribution in [0.1, 0.15) is 5.56 Å². The molecule has 3 aromatic rings. The highest BCUT2D eigenvalue weighted by molar-refractivity contribution is 6.31. The fourth-order valence-corrected chi connectivity index (χ4v) is 1.96. The Balaban J connectivity index is 2.16. The molecule has 0 aliphatic rings. The van der Waals surface area contributed by atoms with Crippen LogP contribution in [0.3, 0.4) is 0 Å².